The first kappa shape index (κ1) is 48.0. The molecule has 65 heavy (non-hydrogen) atoms. The number of nitrogens with one attached hydrogen (secondary N) is 4. The highest BCUT2D eigenvalue weighted by Crippen LogP contribution is 2.41. The van der Waals surface area contributed by atoms with E-state index in [0.29, 0.717) is 23.4 Å². The van der Waals surface area contributed by atoms with Gasteiger partial charge in [-0.15, -0.1) is 6.42 Å². The fraction of sp³-hybridized carbons (Fsp3) is 0.341. The molecule has 1 aliphatic heterocycles. The molecule has 1 heterocycles. The van der Waals surface area contributed by atoms with Crippen LogP contribution < -0.4 is 26.2 Å². The molecular formula is C44H45N7O14. The smallest absolute Gasteiger partial charge is 0.326 e. The average Bonchev–Trinajstić information content (AvgIpc) is 3.68. The lowest BCUT2D eigenvalue weighted by Gasteiger charge is -2.32. The Morgan fingerprint density at radius 3 is 1.80 bits per heavy atom. The summed E-state index contributed by atoms with van der Waals surface area (Å²) >= 11 is 0. The maximum absolute atomic E-state index is 13.2. The fourth-order valence-electron chi connectivity index (χ4n) is 7.40. The van der Waals surface area contributed by atoms with Crippen LogP contribution in [0.15, 0.2) is 81.8 Å². The van der Waals surface area contributed by atoms with Crippen LogP contribution in [0, 0.1) is 18.3 Å². The molecule has 21 heteroatoms. The highest BCUT2D eigenvalue weighted by atomic mass is 16.4. The van der Waals surface area contributed by atoms with Crippen LogP contribution in [0.3, 0.4) is 0 Å². The van der Waals surface area contributed by atoms with Gasteiger partial charge in [-0.2, -0.15) is 4.99 Å². The van der Waals surface area contributed by atoms with Crippen LogP contribution in [-0.4, -0.2) is 128 Å². The second-order valence-electron chi connectivity index (χ2n) is 15.1. The molecule has 2 aromatic carbocycles. The molecule has 0 aromatic heterocycles. The third kappa shape index (κ3) is 12.8. The molecule has 5 atom stereocenters. The monoisotopic (exact) mass is 895 g/mol. The van der Waals surface area contributed by atoms with Crippen molar-refractivity contribution in [2.45, 2.75) is 75.5 Å². The summed E-state index contributed by atoms with van der Waals surface area (Å²) in [5.41, 5.74) is 2.83. The number of amides is 5. The largest absolute Gasteiger partial charge is 0.481 e. The summed E-state index contributed by atoms with van der Waals surface area (Å²) in [7, 11) is 0. The number of hydrogen-bond acceptors (Lipinski definition) is 12. The van der Waals surface area contributed by atoms with Crippen LogP contribution in [-0.2, 0) is 33.6 Å². The summed E-state index contributed by atoms with van der Waals surface area (Å²) in [6.07, 6.45) is 8.43. The molecule has 21 nitrogen and oxygen atoms in total. The summed E-state index contributed by atoms with van der Waals surface area (Å²) in [5.74, 6) is -6.43. The number of hydrogen-bond donors (Lipinski definition) is 9. The zero-order chi connectivity index (χ0) is 47.4. The molecule has 0 spiro atoms. The van der Waals surface area contributed by atoms with Gasteiger partial charge in [0.1, 0.15) is 24.7 Å². The summed E-state index contributed by atoms with van der Waals surface area (Å²) in [4.78, 5) is 120. The number of allylic oxidation sites excluding steroid dienone is 2. The molecule has 1 fully saturated rings. The van der Waals surface area contributed by atoms with Gasteiger partial charge in [0.2, 0.25) is 11.8 Å². The number of carbonyl (C=O) groups excluding carboxylic acids is 5. The number of terminal acetylenes is 1. The third-order valence-electron chi connectivity index (χ3n) is 10.7. The predicted octanol–water partition coefficient (Wildman–Crippen LogP) is 1.14. The average molecular weight is 896 g/mol. The van der Waals surface area contributed by atoms with Crippen molar-refractivity contribution >= 4 is 76.3 Å². The third-order valence-corrected chi connectivity index (χ3v) is 10.7. The van der Waals surface area contributed by atoms with Gasteiger partial charge in [0, 0.05) is 47.7 Å². The Bertz CT molecular complexity index is 2420. The highest BCUT2D eigenvalue weighted by molar-refractivity contribution is 6.33. The van der Waals surface area contributed by atoms with E-state index in [2.05, 4.69) is 37.2 Å². The van der Waals surface area contributed by atoms with Crippen LogP contribution in [0.4, 0.5) is 11.4 Å². The van der Waals surface area contributed by atoms with Gasteiger partial charge >= 0.3 is 23.9 Å². The SMILES string of the molecule is C#CCN(c1ccc(C(=O)NC(CCC(=O)Nc2ccc(C(=O)NC(CCC(=O)NC(CCC(=O)O)C(=O)O)C(=O)O)cc2)C(=O)O)cc1)C1CCC2C=C3C(=O)N=C(CO)N=C3C=C21. The van der Waals surface area contributed by atoms with E-state index in [1.165, 1.54) is 36.4 Å². The fourth-order valence-corrected chi connectivity index (χ4v) is 7.40. The van der Waals surface area contributed by atoms with Gasteiger partial charge in [-0.05, 0) is 92.3 Å². The lowest BCUT2D eigenvalue weighted by molar-refractivity contribution is -0.144. The topological polar surface area (TPSA) is 331 Å². The number of carboxylic acid groups (broad SMARTS) is 4. The quantitative estimate of drug-likeness (QED) is 0.0749. The molecule has 9 N–H and O–H groups in total. The lowest BCUT2D eigenvalue weighted by atomic mass is 9.88. The molecule has 0 radical (unpaired) electrons. The van der Waals surface area contributed by atoms with Crippen molar-refractivity contribution in [1.29, 1.82) is 0 Å². The van der Waals surface area contributed by atoms with E-state index >= 15 is 0 Å². The molecule has 0 saturated heterocycles. The maximum Gasteiger partial charge on any atom is 0.326 e. The van der Waals surface area contributed by atoms with Gasteiger partial charge in [-0.1, -0.05) is 12.0 Å². The van der Waals surface area contributed by atoms with Crippen molar-refractivity contribution in [2.75, 3.05) is 23.4 Å². The number of aliphatic hydroxyl groups is 1. The molecule has 1 saturated carbocycles. The predicted molar refractivity (Wildman–Crippen MR) is 230 cm³/mol. The van der Waals surface area contributed by atoms with Crippen LogP contribution in [0.25, 0.3) is 0 Å². The van der Waals surface area contributed by atoms with Crippen LogP contribution >= 0.6 is 0 Å². The summed E-state index contributed by atoms with van der Waals surface area (Å²) in [6.45, 7) is -0.266. The minimum Gasteiger partial charge on any atom is -0.481 e. The van der Waals surface area contributed by atoms with E-state index < -0.39 is 104 Å². The number of benzene rings is 2. The Morgan fingerprint density at radius 1 is 0.723 bits per heavy atom. The second kappa shape index (κ2) is 21.9. The van der Waals surface area contributed by atoms with Crippen molar-refractivity contribution in [3.8, 4) is 12.3 Å². The lowest BCUT2D eigenvalue weighted by Crippen LogP contribution is -2.44. The summed E-state index contributed by atoms with van der Waals surface area (Å²) < 4.78 is 0. The summed E-state index contributed by atoms with van der Waals surface area (Å²) in [6, 6.07) is 6.96. The molecule has 5 unspecified atom stereocenters. The number of aliphatic hydroxyl groups excluding tert-OH is 1. The van der Waals surface area contributed by atoms with Crippen molar-refractivity contribution in [1.82, 2.24) is 16.0 Å². The van der Waals surface area contributed by atoms with Gasteiger partial charge in [-0.25, -0.2) is 19.4 Å². The van der Waals surface area contributed by atoms with Crippen LogP contribution in [0.5, 0.6) is 0 Å². The molecule has 340 valence electrons. The molecule has 2 aliphatic carbocycles. The Hall–Kier alpha value is -7.99. The molecule has 5 amide bonds. The number of carbonyl (C=O) groups is 9. The first-order chi connectivity index (χ1) is 31.0. The zero-order valence-electron chi connectivity index (χ0n) is 34.6. The highest BCUT2D eigenvalue weighted by Gasteiger charge is 2.38. The number of rotatable bonds is 22. The van der Waals surface area contributed by atoms with Crippen molar-refractivity contribution in [3.05, 3.63) is 83.0 Å². The van der Waals surface area contributed by atoms with Gasteiger partial charge < -0.3 is 51.7 Å². The number of carboxylic acids is 4. The van der Waals surface area contributed by atoms with E-state index in [1.54, 1.807) is 12.1 Å². The standard InChI is InChI=1S/C44H45N7O14/c1-2-19-51(34-15-7-25-20-29-33(21-28(25)34)46-35(22-52)50-41(29)59)27-10-5-24(6-11-27)40(58)49-31(43(62)63)12-16-36(53)45-26-8-3-23(4-9-26)39(57)48-32(44(64)65)13-17-37(54)47-30(42(60)61)14-18-38(55)56/h1,3-6,8-11,20-21,25,30-32,34,52H,7,12-19,22H2,(H,45,53)(H,47,54)(H,48,57)(H,49,58)(H,55,56)(H,60,61)(H,62,63)(H,64,65). The van der Waals surface area contributed by atoms with E-state index in [0.717, 1.165) is 12.0 Å². The van der Waals surface area contributed by atoms with Crippen molar-refractivity contribution < 1.29 is 68.7 Å². The second-order valence-corrected chi connectivity index (χ2v) is 15.1. The number of anilines is 2. The minimum atomic E-state index is -1.56. The number of amidine groups is 1. The molecule has 5 rings (SSSR count). The van der Waals surface area contributed by atoms with Crippen molar-refractivity contribution in [2.24, 2.45) is 15.9 Å². The number of fused-ring (bicyclic) bond motifs is 2. The first-order valence-electron chi connectivity index (χ1n) is 20.2. The maximum atomic E-state index is 13.2. The Balaban J connectivity index is 1.11. The Labute approximate surface area is 370 Å². The van der Waals surface area contributed by atoms with Gasteiger partial charge in [0.15, 0.2) is 5.84 Å². The number of aliphatic carboxylic acids is 4. The van der Waals surface area contributed by atoms with E-state index in [4.69, 9.17) is 11.5 Å². The molecule has 3 aliphatic rings. The van der Waals surface area contributed by atoms with E-state index in [1.807, 2.05) is 17.1 Å². The Kier molecular flexibility index (Phi) is 16.2. The number of nitrogens with zero attached hydrogens (tertiary/aromatic N) is 3. The van der Waals surface area contributed by atoms with Gasteiger partial charge in [0.05, 0.1) is 23.9 Å². The molecule has 0 bridgehead atoms. The van der Waals surface area contributed by atoms with Gasteiger partial charge in [-0.3, -0.25) is 28.8 Å². The zero-order valence-corrected chi connectivity index (χ0v) is 34.6. The van der Waals surface area contributed by atoms with E-state index in [-0.39, 0.29) is 54.0 Å². The summed E-state index contributed by atoms with van der Waals surface area (Å²) in [5, 5.41) is 56.3. The molecule has 2 aromatic rings. The van der Waals surface area contributed by atoms with Crippen molar-refractivity contribution in [3.63, 3.8) is 0 Å². The number of aliphatic imine (C=N–C) groups is 2. The van der Waals surface area contributed by atoms with E-state index in [9.17, 15) is 63.6 Å². The van der Waals surface area contributed by atoms with Crippen LogP contribution in [0.1, 0.15) is 72.1 Å². The molecular weight excluding hydrogens is 851 g/mol. The first-order valence-corrected chi connectivity index (χ1v) is 20.2. The normalized spacial score (nSPS) is 17.4. The minimum absolute atomic E-state index is 0.0179. The Morgan fingerprint density at radius 2 is 1.26 bits per heavy atom. The van der Waals surface area contributed by atoms with Gasteiger partial charge in [0.25, 0.3) is 17.7 Å². The van der Waals surface area contributed by atoms with Crippen LogP contribution in [0.2, 0.25) is 0 Å².